The molecule has 122 valence electrons. The van der Waals surface area contributed by atoms with Crippen molar-refractivity contribution in [3.8, 4) is 0 Å². The van der Waals surface area contributed by atoms with Crippen molar-refractivity contribution in [2.24, 2.45) is 0 Å². The van der Waals surface area contributed by atoms with Gasteiger partial charge < -0.3 is 11.1 Å². The van der Waals surface area contributed by atoms with Gasteiger partial charge in [-0.05, 0) is 18.6 Å². The summed E-state index contributed by atoms with van der Waals surface area (Å²) in [5.41, 5.74) is 4.81. The normalized spacial score (nSPS) is 10.5. The van der Waals surface area contributed by atoms with E-state index in [2.05, 4.69) is 22.2 Å². The Morgan fingerprint density at radius 3 is 2.83 bits per heavy atom. The maximum absolute atomic E-state index is 13.6. The highest BCUT2D eigenvalue weighted by molar-refractivity contribution is 7.99. The van der Waals surface area contributed by atoms with E-state index in [9.17, 15) is 14.0 Å². The highest BCUT2D eigenvalue weighted by Gasteiger charge is 2.16. The molecule has 0 radical (unpaired) electrons. The zero-order valence-corrected chi connectivity index (χ0v) is 13.4. The number of nitrogens with zero attached hydrogens (tertiary/aromatic N) is 1. The number of unbranched alkanes of at least 4 members (excludes halogenated alkanes) is 1. The Kier molecular flexibility index (Phi) is 5.75. The molecule has 2 rings (SSSR count). The fourth-order valence-corrected chi connectivity index (χ4v) is 2.75. The van der Waals surface area contributed by atoms with E-state index >= 15 is 0 Å². The van der Waals surface area contributed by atoms with Gasteiger partial charge in [0.15, 0.2) is 11.0 Å². The van der Waals surface area contributed by atoms with Gasteiger partial charge in [0.25, 0.3) is 11.5 Å². The molecule has 0 aliphatic heterocycles. The van der Waals surface area contributed by atoms with Gasteiger partial charge in [0, 0.05) is 5.75 Å². The van der Waals surface area contributed by atoms with Gasteiger partial charge in [0.1, 0.15) is 11.5 Å². The molecule has 1 amide bonds. The molecule has 0 aliphatic rings. The number of H-pyrrole nitrogens is 1. The summed E-state index contributed by atoms with van der Waals surface area (Å²) in [5.74, 6) is -0.731. The minimum atomic E-state index is -0.756. The monoisotopic (exact) mass is 336 g/mol. The first kappa shape index (κ1) is 17.0. The number of nitrogens with two attached hydrogens (primary N) is 1. The van der Waals surface area contributed by atoms with Crippen LogP contribution in [0.4, 0.5) is 15.9 Å². The van der Waals surface area contributed by atoms with E-state index in [1.807, 2.05) is 0 Å². The molecular formula is C15H17FN4O2S. The van der Waals surface area contributed by atoms with Crippen molar-refractivity contribution in [3.63, 3.8) is 0 Å². The van der Waals surface area contributed by atoms with Crippen LogP contribution in [0.1, 0.15) is 30.1 Å². The summed E-state index contributed by atoms with van der Waals surface area (Å²) in [4.78, 5) is 30.7. The topological polar surface area (TPSA) is 101 Å². The average molecular weight is 336 g/mol. The van der Waals surface area contributed by atoms with Crippen LogP contribution in [0.25, 0.3) is 0 Å². The second kappa shape index (κ2) is 7.77. The molecule has 1 heterocycles. The van der Waals surface area contributed by atoms with Crippen LogP contribution in [-0.4, -0.2) is 21.6 Å². The number of hydrogen-bond acceptors (Lipinski definition) is 5. The first-order chi connectivity index (χ1) is 11.0. The zero-order chi connectivity index (χ0) is 16.8. The second-order valence-corrected chi connectivity index (χ2v) is 5.85. The van der Waals surface area contributed by atoms with Gasteiger partial charge in [-0.3, -0.25) is 14.6 Å². The summed E-state index contributed by atoms with van der Waals surface area (Å²) in [6.45, 7) is 2.06. The van der Waals surface area contributed by atoms with Gasteiger partial charge in [0.2, 0.25) is 0 Å². The molecule has 6 nitrogen and oxygen atoms in total. The zero-order valence-electron chi connectivity index (χ0n) is 12.6. The third-order valence-electron chi connectivity index (χ3n) is 3.02. The largest absolute Gasteiger partial charge is 0.382 e. The van der Waals surface area contributed by atoms with Crippen LogP contribution in [0.15, 0.2) is 34.2 Å². The Morgan fingerprint density at radius 2 is 2.17 bits per heavy atom. The maximum Gasteiger partial charge on any atom is 0.277 e. The molecule has 0 unspecified atom stereocenters. The lowest BCUT2D eigenvalue weighted by atomic mass is 10.2. The van der Waals surface area contributed by atoms with E-state index in [4.69, 9.17) is 5.73 Å². The molecule has 0 aliphatic carbocycles. The van der Waals surface area contributed by atoms with Gasteiger partial charge in [-0.25, -0.2) is 9.37 Å². The summed E-state index contributed by atoms with van der Waals surface area (Å²) >= 11 is 1.38. The Bertz CT molecular complexity index is 763. The van der Waals surface area contributed by atoms with Crippen LogP contribution >= 0.6 is 11.8 Å². The Hall–Kier alpha value is -2.35. The smallest absolute Gasteiger partial charge is 0.277 e. The van der Waals surface area contributed by atoms with E-state index in [0.29, 0.717) is 5.16 Å². The van der Waals surface area contributed by atoms with Gasteiger partial charge in [-0.15, -0.1) is 0 Å². The van der Waals surface area contributed by atoms with Crippen molar-refractivity contribution in [2.75, 3.05) is 16.8 Å². The molecule has 23 heavy (non-hydrogen) atoms. The third kappa shape index (κ3) is 4.32. The summed E-state index contributed by atoms with van der Waals surface area (Å²) in [7, 11) is 0. The summed E-state index contributed by atoms with van der Waals surface area (Å²) in [6, 6.07) is 5.47. The highest BCUT2D eigenvalue weighted by Crippen LogP contribution is 2.18. The van der Waals surface area contributed by atoms with Crippen LogP contribution in [-0.2, 0) is 0 Å². The number of anilines is 2. The van der Waals surface area contributed by atoms with E-state index < -0.39 is 17.3 Å². The second-order valence-electron chi connectivity index (χ2n) is 4.77. The van der Waals surface area contributed by atoms with Crippen molar-refractivity contribution in [2.45, 2.75) is 24.9 Å². The number of carbonyl (C=O) groups is 1. The fraction of sp³-hybridized carbons (Fsp3) is 0.267. The third-order valence-corrected chi connectivity index (χ3v) is 3.98. The Labute approximate surface area is 136 Å². The maximum atomic E-state index is 13.6. The lowest BCUT2D eigenvalue weighted by Gasteiger charge is -2.08. The molecule has 4 N–H and O–H groups in total. The van der Waals surface area contributed by atoms with E-state index in [1.165, 1.54) is 30.0 Å². The van der Waals surface area contributed by atoms with Crippen molar-refractivity contribution < 1.29 is 9.18 Å². The van der Waals surface area contributed by atoms with Crippen molar-refractivity contribution in [3.05, 3.63) is 46.0 Å². The Morgan fingerprint density at radius 1 is 1.43 bits per heavy atom. The Balaban J connectivity index is 2.19. The van der Waals surface area contributed by atoms with Gasteiger partial charge in [-0.2, -0.15) is 0 Å². The number of nitrogen functional groups attached to an aromatic ring is 1. The number of rotatable bonds is 6. The minimum absolute atomic E-state index is 0.0996. The quantitative estimate of drug-likeness (QED) is 0.428. The average Bonchev–Trinajstić information content (AvgIpc) is 2.51. The van der Waals surface area contributed by atoms with Gasteiger partial charge in [0.05, 0.1) is 5.56 Å². The number of nitrogens with one attached hydrogen (secondary N) is 2. The molecule has 1 aromatic carbocycles. The van der Waals surface area contributed by atoms with Crippen LogP contribution in [0, 0.1) is 5.82 Å². The van der Waals surface area contributed by atoms with Gasteiger partial charge in [-0.1, -0.05) is 37.2 Å². The molecule has 0 atom stereocenters. The van der Waals surface area contributed by atoms with Crippen molar-refractivity contribution in [1.29, 1.82) is 0 Å². The van der Waals surface area contributed by atoms with Crippen LogP contribution in [0.3, 0.4) is 0 Å². The molecule has 0 spiro atoms. The molecule has 0 saturated carbocycles. The number of aromatic amines is 1. The standard InChI is InChI=1S/C15H17FN4O2S/c1-2-3-8-23-15-19-12(17)11(14(22)20-15)18-13(21)9-6-4-5-7-10(9)16/h4-7H,2-3,8H2,1H3,(H,18,21)(H3,17,19,20,22). The number of benzene rings is 1. The molecule has 8 heteroatoms. The van der Waals surface area contributed by atoms with Crippen LogP contribution < -0.4 is 16.6 Å². The predicted molar refractivity (Wildman–Crippen MR) is 89.3 cm³/mol. The molecule has 0 bridgehead atoms. The number of amides is 1. The first-order valence-electron chi connectivity index (χ1n) is 7.11. The number of thioether (sulfide) groups is 1. The highest BCUT2D eigenvalue weighted by atomic mass is 32.2. The number of aromatic nitrogens is 2. The van der Waals surface area contributed by atoms with E-state index in [-0.39, 0.29) is 17.1 Å². The SMILES string of the molecule is CCCCSc1nc(N)c(NC(=O)c2ccccc2F)c(=O)[nH]1. The fourth-order valence-electron chi connectivity index (χ4n) is 1.80. The van der Waals surface area contributed by atoms with E-state index in [0.717, 1.165) is 24.7 Å². The lowest BCUT2D eigenvalue weighted by Crippen LogP contribution is -2.23. The molecule has 0 fully saturated rings. The first-order valence-corrected chi connectivity index (χ1v) is 8.10. The predicted octanol–water partition coefficient (Wildman–Crippen LogP) is 2.64. The summed E-state index contributed by atoms with van der Waals surface area (Å²) in [6.07, 6.45) is 2.02. The van der Waals surface area contributed by atoms with Gasteiger partial charge >= 0.3 is 0 Å². The molecule has 0 saturated heterocycles. The van der Waals surface area contributed by atoms with Crippen molar-refractivity contribution in [1.82, 2.24) is 9.97 Å². The number of halogens is 1. The minimum Gasteiger partial charge on any atom is -0.382 e. The molecule has 1 aromatic heterocycles. The van der Waals surface area contributed by atoms with Crippen LogP contribution in [0.5, 0.6) is 0 Å². The number of hydrogen-bond donors (Lipinski definition) is 3. The summed E-state index contributed by atoms with van der Waals surface area (Å²) in [5, 5.41) is 2.70. The van der Waals surface area contributed by atoms with E-state index in [1.54, 1.807) is 0 Å². The van der Waals surface area contributed by atoms with Crippen LogP contribution in [0.2, 0.25) is 0 Å². The lowest BCUT2D eigenvalue weighted by molar-refractivity contribution is 0.102. The molecular weight excluding hydrogens is 319 g/mol. The number of carbonyl (C=O) groups excluding carboxylic acids is 1. The molecule has 2 aromatic rings. The van der Waals surface area contributed by atoms with Crippen molar-refractivity contribution >= 4 is 29.2 Å². The summed E-state index contributed by atoms with van der Waals surface area (Å²) < 4.78 is 13.6.